The Hall–Kier alpha value is -3.23. The third-order valence-corrected chi connectivity index (χ3v) is 2.81. The Labute approximate surface area is 134 Å². The third-order valence-electron chi connectivity index (χ3n) is 2.81. The first-order chi connectivity index (χ1) is 11.4. The Bertz CT molecular complexity index is 748. The topological polar surface area (TPSA) is 87.9 Å². The fourth-order valence-corrected chi connectivity index (χ4v) is 1.80. The summed E-state index contributed by atoms with van der Waals surface area (Å²) in [6.07, 6.45) is 0. The molecule has 0 fully saturated rings. The van der Waals surface area contributed by atoms with Crippen molar-refractivity contribution in [2.45, 2.75) is 6.61 Å². The van der Waals surface area contributed by atoms with Crippen LogP contribution in [0.3, 0.4) is 0 Å². The second kappa shape index (κ2) is 7.36. The van der Waals surface area contributed by atoms with E-state index < -0.39 is 28.9 Å². The molecule has 0 saturated heterocycles. The molecule has 2 aromatic rings. The van der Waals surface area contributed by atoms with Crippen molar-refractivity contribution >= 4 is 11.7 Å². The number of nitro groups is 1. The van der Waals surface area contributed by atoms with E-state index in [9.17, 15) is 23.7 Å². The van der Waals surface area contributed by atoms with Crippen molar-refractivity contribution in [1.29, 1.82) is 0 Å². The van der Waals surface area contributed by atoms with Gasteiger partial charge >= 0.3 is 12.6 Å². The highest BCUT2D eigenvalue weighted by Crippen LogP contribution is 2.31. The van der Waals surface area contributed by atoms with Crippen LogP contribution in [0.15, 0.2) is 42.5 Å². The van der Waals surface area contributed by atoms with E-state index in [0.717, 1.165) is 18.2 Å². The molecule has 0 spiro atoms. The minimum absolute atomic E-state index is 0.0642. The summed E-state index contributed by atoms with van der Waals surface area (Å²) in [5.74, 6) is -0.762. The fourth-order valence-electron chi connectivity index (χ4n) is 1.80. The zero-order valence-electron chi connectivity index (χ0n) is 12.3. The number of carbonyl (C=O) groups excluding carboxylic acids is 1. The zero-order chi connectivity index (χ0) is 17.7. The summed E-state index contributed by atoms with van der Waals surface area (Å²) in [4.78, 5) is 21.4. The smallest absolute Gasteiger partial charge is 0.387 e. The van der Waals surface area contributed by atoms with Crippen molar-refractivity contribution < 1.29 is 32.7 Å². The van der Waals surface area contributed by atoms with Crippen LogP contribution in [0.1, 0.15) is 10.4 Å². The zero-order valence-corrected chi connectivity index (χ0v) is 12.3. The molecule has 0 aromatic heterocycles. The summed E-state index contributed by atoms with van der Waals surface area (Å²) in [5, 5.41) is 10.9. The molecule has 0 N–H and O–H groups in total. The van der Waals surface area contributed by atoms with Crippen LogP contribution >= 0.6 is 0 Å². The van der Waals surface area contributed by atoms with Gasteiger partial charge in [0.1, 0.15) is 17.2 Å². The van der Waals surface area contributed by atoms with Crippen molar-refractivity contribution in [3.63, 3.8) is 0 Å². The number of carbonyl (C=O) groups is 1. The molecule has 2 rings (SSSR count). The quantitative estimate of drug-likeness (QED) is 0.452. The molecule has 0 amide bonds. The van der Waals surface area contributed by atoms with Gasteiger partial charge in [-0.05, 0) is 24.3 Å². The maximum Gasteiger partial charge on any atom is 0.387 e. The molecule has 0 heterocycles. The largest absolute Gasteiger partial charge is 0.465 e. The molecule has 0 aliphatic rings. The molecule has 126 valence electrons. The maximum absolute atomic E-state index is 12.3. The van der Waals surface area contributed by atoms with Crippen molar-refractivity contribution in [2.75, 3.05) is 7.11 Å². The van der Waals surface area contributed by atoms with Gasteiger partial charge in [-0.1, -0.05) is 0 Å². The molecule has 0 unspecified atom stereocenters. The predicted octanol–water partition coefficient (Wildman–Crippen LogP) is 3.78. The molecule has 2 aromatic carbocycles. The standard InChI is InChI=1S/C15H11F2NO6/c1-22-14(19)9-2-4-11(5-3-9)23-12-6-10(18(20)21)7-13(8-12)24-15(16)17/h2-8,15H,1H3. The van der Waals surface area contributed by atoms with Crippen molar-refractivity contribution in [2.24, 2.45) is 0 Å². The Balaban J connectivity index is 2.26. The number of non-ortho nitro benzene ring substituents is 1. The van der Waals surface area contributed by atoms with Gasteiger partial charge in [0.2, 0.25) is 0 Å². The van der Waals surface area contributed by atoms with Crippen molar-refractivity contribution in [3.05, 3.63) is 58.1 Å². The molecule has 0 atom stereocenters. The van der Waals surface area contributed by atoms with Crippen LogP contribution < -0.4 is 9.47 Å². The number of ether oxygens (including phenoxy) is 3. The van der Waals surface area contributed by atoms with Crippen LogP contribution in [-0.4, -0.2) is 24.6 Å². The van der Waals surface area contributed by atoms with Gasteiger partial charge in [0.15, 0.2) is 0 Å². The number of halogens is 2. The normalized spacial score (nSPS) is 10.3. The van der Waals surface area contributed by atoms with Gasteiger partial charge in [-0.3, -0.25) is 10.1 Å². The first-order valence-corrected chi connectivity index (χ1v) is 6.49. The van der Waals surface area contributed by atoms with E-state index in [2.05, 4.69) is 9.47 Å². The van der Waals surface area contributed by atoms with E-state index in [1.165, 1.54) is 31.4 Å². The monoisotopic (exact) mass is 339 g/mol. The van der Waals surface area contributed by atoms with E-state index in [4.69, 9.17) is 4.74 Å². The summed E-state index contributed by atoms with van der Waals surface area (Å²) in [6, 6.07) is 8.72. The molecular formula is C15H11F2NO6. The molecule has 24 heavy (non-hydrogen) atoms. The Kier molecular flexibility index (Phi) is 5.25. The lowest BCUT2D eigenvalue weighted by Crippen LogP contribution is -2.03. The average molecular weight is 339 g/mol. The van der Waals surface area contributed by atoms with Crippen LogP contribution in [0.2, 0.25) is 0 Å². The van der Waals surface area contributed by atoms with Gasteiger partial charge in [0, 0.05) is 6.07 Å². The lowest BCUT2D eigenvalue weighted by molar-refractivity contribution is -0.385. The summed E-state index contributed by atoms with van der Waals surface area (Å²) in [6.45, 7) is -3.13. The van der Waals surface area contributed by atoms with Crippen LogP contribution in [0.4, 0.5) is 14.5 Å². The van der Waals surface area contributed by atoms with Crippen LogP contribution in [0.5, 0.6) is 17.2 Å². The SMILES string of the molecule is COC(=O)c1ccc(Oc2cc(OC(F)F)cc([N+](=O)[O-])c2)cc1. The first-order valence-electron chi connectivity index (χ1n) is 6.49. The number of hydrogen-bond acceptors (Lipinski definition) is 6. The van der Waals surface area contributed by atoms with Crippen molar-refractivity contribution in [3.8, 4) is 17.2 Å². The molecule has 7 nitrogen and oxygen atoms in total. The van der Waals surface area contributed by atoms with Gasteiger partial charge in [-0.2, -0.15) is 8.78 Å². The van der Waals surface area contributed by atoms with Gasteiger partial charge in [-0.15, -0.1) is 0 Å². The molecule has 0 bridgehead atoms. The lowest BCUT2D eigenvalue weighted by Gasteiger charge is -2.09. The van der Waals surface area contributed by atoms with Crippen LogP contribution in [0.25, 0.3) is 0 Å². The number of rotatable bonds is 6. The number of methoxy groups -OCH3 is 1. The minimum Gasteiger partial charge on any atom is -0.465 e. The number of alkyl halides is 2. The Morgan fingerprint density at radius 3 is 2.25 bits per heavy atom. The van der Waals surface area contributed by atoms with E-state index in [-0.39, 0.29) is 17.1 Å². The highest BCUT2D eigenvalue weighted by Gasteiger charge is 2.15. The molecule has 0 radical (unpaired) electrons. The lowest BCUT2D eigenvalue weighted by atomic mass is 10.2. The Morgan fingerprint density at radius 2 is 1.71 bits per heavy atom. The van der Waals surface area contributed by atoms with Gasteiger partial charge in [-0.25, -0.2) is 4.79 Å². The minimum atomic E-state index is -3.13. The van der Waals surface area contributed by atoms with Gasteiger partial charge in [0.05, 0.1) is 29.7 Å². The number of esters is 1. The fraction of sp³-hybridized carbons (Fsp3) is 0.133. The predicted molar refractivity (Wildman–Crippen MR) is 77.6 cm³/mol. The molecular weight excluding hydrogens is 328 g/mol. The second-order valence-corrected chi connectivity index (χ2v) is 4.42. The number of benzene rings is 2. The maximum atomic E-state index is 12.3. The summed E-state index contributed by atoms with van der Waals surface area (Å²) in [5.41, 5.74) is -0.181. The van der Waals surface area contributed by atoms with Crippen molar-refractivity contribution in [1.82, 2.24) is 0 Å². The molecule has 0 aliphatic heterocycles. The number of hydrogen-bond donors (Lipinski definition) is 0. The van der Waals surface area contributed by atoms with Gasteiger partial charge < -0.3 is 14.2 Å². The third kappa shape index (κ3) is 4.38. The van der Waals surface area contributed by atoms with Crippen LogP contribution in [-0.2, 0) is 4.74 Å². The van der Waals surface area contributed by atoms with E-state index in [1.54, 1.807) is 0 Å². The van der Waals surface area contributed by atoms with E-state index >= 15 is 0 Å². The van der Waals surface area contributed by atoms with Crippen LogP contribution in [0, 0.1) is 10.1 Å². The molecule has 0 aliphatic carbocycles. The number of nitrogens with zero attached hydrogens (tertiary/aromatic N) is 1. The van der Waals surface area contributed by atoms with Gasteiger partial charge in [0.25, 0.3) is 5.69 Å². The average Bonchev–Trinajstić information content (AvgIpc) is 2.54. The first kappa shape index (κ1) is 17.1. The summed E-state index contributed by atoms with van der Waals surface area (Å²) in [7, 11) is 1.24. The van der Waals surface area contributed by atoms with E-state index in [0.29, 0.717) is 0 Å². The van der Waals surface area contributed by atoms with E-state index in [1.807, 2.05) is 0 Å². The summed E-state index contributed by atoms with van der Waals surface area (Å²) < 4.78 is 38.7. The summed E-state index contributed by atoms with van der Waals surface area (Å²) >= 11 is 0. The highest BCUT2D eigenvalue weighted by molar-refractivity contribution is 5.89. The molecule has 0 saturated carbocycles. The molecule has 9 heteroatoms. The highest BCUT2D eigenvalue weighted by atomic mass is 19.3. The second-order valence-electron chi connectivity index (χ2n) is 4.42. The Morgan fingerprint density at radius 1 is 1.08 bits per heavy atom. The number of nitro benzene ring substituents is 1.